The molecule has 0 bridgehead atoms. The minimum absolute atomic E-state index is 0.0938. The van der Waals surface area contributed by atoms with E-state index in [1.165, 1.54) is 0 Å². The summed E-state index contributed by atoms with van der Waals surface area (Å²) in [5.41, 5.74) is 7.81. The molecule has 4 nitrogen and oxygen atoms in total. The molecule has 1 atom stereocenters. The number of benzene rings is 2. The maximum absolute atomic E-state index is 11.5. The Hall–Kier alpha value is -2.33. The Kier molecular flexibility index (Phi) is 3.39. The third-order valence-corrected chi connectivity index (χ3v) is 3.21. The first kappa shape index (κ1) is 12.7. The van der Waals surface area contributed by atoms with E-state index in [-0.39, 0.29) is 6.10 Å². The molecule has 0 aliphatic carbocycles. The fraction of sp³-hybridized carbons (Fsp3) is 0.188. The Morgan fingerprint density at radius 3 is 2.65 bits per heavy atom. The van der Waals surface area contributed by atoms with Crippen LogP contribution in [0.1, 0.15) is 27.6 Å². The molecule has 2 N–H and O–H groups in total. The Morgan fingerprint density at radius 1 is 1.25 bits per heavy atom. The van der Waals surface area contributed by atoms with Gasteiger partial charge >= 0.3 is 0 Å². The molecule has 0 radical (unpaired) electrons. The van der Waals surface area contributed by atoms with Crippen LogP contribution in [0.2, 0.25) is 0 Å². The summed E-state index contributed by atoms with van der Waals surface area (Å²) in [7, 11) is 0. The zero-order chi connectivity index (χ0) is 13.9. The molecule has 0 saturated carbocycles. The monoisotopic (exact) mass is 269 g/mol. The fourth-order valence-electron chi connectivity index (χ4n) is 2.04. The van der Waals surface area contributed by atoms with Gasteiger partial charge in [-0.25, -0.2) is 0 Å². The standard InChI is InChI=1S/C16H15NO3/c17-16(18)13-8-12(15-10-20-15)6-7-14(13)19-9-11-4-2-1-3-5-11/h1-8,15H,9-10H2,(H2,17,18)/t15-/m0/s1. The summed E-state index contributed by atoms with van der Waals surface area (Å²) in [5, 5.41) is 0. The number of carbonyl (C=O) groups excluding carboxylic acids is 1. The molecule has 2 aromatic carbocycles. The zero-order valence-electron chi connectivity index (χ0n) is 10.9. The van der Waals surface area contributed by atoms with Gasteiger partial charge in [-0.15, -0.1) is 0 Å². The molecule has 2 aromatic rings. The molecule has 1 aliphatic rings. The second-order valence-electron chi connectivity index (χ2n) is 4.72. The van der Waals surface area contributed by atoms with Crippen LogP contribution in [0, 0.1) is 0 Å². The Bertz CT molecular complexity index is 621. The summed E-state index contributed by atoms with van der Waals surface area (Å²) in [6.07, 6.45) is 0.0938. The molecule has 4 heteroatoms. The lowest BCUT2D eigenvalue weighted by Gasteiger charge is -2.11. The first-order chi connectivity index (χ1) is 9.74. The van der Waals surface area contributed by atoms with E-state index in [0.717, 1.165) is 11.1 Å². The predicted octanol–water partition coefficient (Wildman–Crippen LogP) is 2.44. The van der Waals surface area contributed by atoms with E-state index in [0.29, 0.717) is 24.5 Å². The van der Waals surface area contributed by atoms with Crippen LogP contribution in [-0.2, 0) is 11.3 Å². The van der Waals surface area contributed by atoms with Gasteiger partial charge in [0, 0.05) is 0 Å². The van der Waals surface area contributed by atoms with Crippen molar-refractivity contribution in [2.75, 3.05) is 6.61 Å². The van der Waals surface area contributed by atoms with Gasteiger partial charge in [-0.05, 0) is 23.3 Å². The minimum Gasteiger partial charge on any atom is -0.488 e. The number of carbonyl (C=O) groups is 1. The smallest absolute Gasteiger partial charge is 0.252 e. The summed E-state index contributed by atoms with van der Waals surface area (Å²) < 4.78 is 10.9. The first-order valence-electron chi connectivity index (χ1n) is 6.46. The molecule has 1 saturated heterocycles. The number of primary amides is 1. The van der Waals surface area contributed by atoms with Crippen molar-refractivity contribution in [2.24, 2.45) is 5.73 Å². The van der Waals surface area contributed by atoms with Crippen LogP contribution in [0.4, 0.5) is 0 Å². The molecular formula is C16H15NO3. The van der Waals surface area contributed by atoms with Crippen LogP contribution in [0.15, 0.2) is 48.5 Å². The summed E-state index contributed by atoms with van der Waals surface area (Å²) in [6.45, 7) is 1.10. The van der Waals surface area contributed by atoms with Crippen molar-refractivity contribution in [1.29, 1.82) is 0 Å². The molecular weight excluding hydrogens is 254 g/mol. The van der Waals surface area contributed by atoms with Crippen molar-refractivity contribution in [2.45, 2.75) is 12.7 Å². The number of rotatable bonds is 5. The molecule has 1 amide bonds. The van der Waals surface area contributed by atoms with Crippen LogP contribution in [0.5, 0.6) is 5.75 Å². The van der Waals surface area contributed by atoms with Crippen LogP contribution >= 0.6 is 0 Å². The minimum atomic E-state index is -0.490. The van der Waals surface area contributed by atoms with Crippen molar-refractivity contribution in [3.63, 3.8) is 0 Å². The highest BCUT2D eigenvalue weighted by Gasteiger charge is 2.26. The van der Waals surface area contributed by atoms with Crippen LogP contribution in [0.3, 0.4) is 0 Å². The molecule has 1 aliphatic heterocycles. The van der Waals surface area contributed by atoms with Gasteiger partial charge in [0.1, 0.15) is 18.5 Å². The lowest BCUT2D eigenvalue weighted by molar-refractivity contribution is 0.0996. The van der Waals surface area contributed by atoms with Gasteiger partial charge in [-0.3, -0.25) is 4.79 Å². The van der Waals surface area contributed by atoms with Crippen molar-refractivity contribution < 1.29 is 14.3 Å². The van der Waals surface area contributed by atoms with Crippen LogP contribution in [-0.4, -0.2) is 12.5 Å². The zero-order valence-corrected chi connectivity index (χ0v) is 10.9. The lowest BCUT2D eigenvalue weighted by atomic mass is 10.1. The highest BCUT2D eigenvalue weighted by Crippen LogP contribution is 2.32. The van der Waals surface area contributed by atoms with Crippen LogP contribution in [0.25, 0.3) is 0 Å². The van der Waals surface area contributed by atoms with E-state index < -0.39 is 5.91 Å². The van der Waals surface area contributed by atoms with Gasteiger partial charge in [0.05, 0.1) is 12.2 Å². The topological polar surface area (TPSA) is 64.9 Å². The molecule has 20 heavy (non-hydrogen) atoms. The van der Waals surface area contributed by atoms with Crippen molar-refractivity contribution >= 4 is 5.91 Å². The molecule has 0 unspecified atom stereocenters. The third kappa shape index (κ3) is 2.81. The Morgan fingerprint density at radius 2 is 2.00 bits per heavy atom. The normalized spacial score (nSPS) is 16.7. The van der Waals surface area contributed by atoms with Crippen molar-refractivity contribution in [1.82, 2.24) is 0 Å². The maximum atomic E-state index is 11.5. The van der Waals surface area contributed by atoms with E-state index >= 15 is 0 Å². The van der Waals surface area contributed by atoms with Crippen LogP contribution < -0.4 is 10.5 Å². The van der Waals surface area contributed by atoms with Gasteiger partial charge in [0.25, 0.3) is 5.91 Å². The molecule has 102 valence electrons. The highest BCUT2D eigenvalue weighted by atomic mass is 16.6. The van der Waals surface area contributed by atoms with E-state index in [2.05, 4.69) is 0 Å². The second kappa shape index (κ2) is 5.35. The number of epoxide rings is 1. The molecule has 1 fully saturated rings. The van der Waals surface area contributed by atoms with Gasteiger partial charge < -0.3 is 15.2 Å². The predicted molar refractivity (Wildman–Crippen MR) is 74.4 cm³/mol. The molecule has 3 rings (SSSR count). The Labute approximate surface area is 117 Å². The van der Waals surface area contributed by atoms with Crippen molar-refractivity contribution in [3.8, 4) is 5.75 Å². The highest BCUT2D eigenvalue weighted by molar-refractivity contribution is 5.95. The SMILES string of the molecule is NC(=O)c1cc([C@@H]2CO2)ccc1OCc1ccccc1. The van der Waals surface area contributed by atoms with E-state index in [1.807, 2.05) is 36.4 Å². The summed E-state index contributed by atoms with van der Waals surface area (Å²) in [6, 6.07) is 15.2. The first-order valence-corrected chi connectivity index (χ1v) is 6.46. The fourth-order valence-corrected chi connectivity index (χ4v) is 2.04. The number of amides is 1. The van der Waals surface area contributed by atoms with Gasteiger partial charge in [-0.1, -0.05) is 36.4 Å². The van der Waals surface area contributed by atoms with Crippen molar-refractivity contribution in [3.05, 3.63) is 65.2 Å². The average Bonchev–Trinajstić information content (AvgIpc) is 3.30. The summed E-state index contributed by atoms with van der Waals surface area (Å²) >= 11 is 0. The van der Waals surface area contributed by atoms with Gasteiger partial charge in [-0.2, -0.15) is 0 Å². The maximum Gasteiger partial charge on any atom is 0.252 e. The third-order valence-electron chi connectivity index (χ3n) is 3.21. The van der Waals surface area contributed by atoms with Gasteiger partial charge in [0.2, 0.25) is 0 Å². The summed E-state index contributed by atoms with van der Waals surface area (Å²) in [4.78, 5) is 11.5. The lowest BCUT2D eigenvalue weighted by Crippen LogP contribution is -2.13. The average molecular weight is 269 g/mol. The Balaban J connectivity index is 1.79. The second-order valence-corrected chi connectivity index (χ2v) is 4.72. The van der Waals surface area contributed by atoms with Gasteiger partial charge in [0.15, 0.2) is 0 Å². The molecule has 1 heterocycles. The summed E-state index contributed by atoms with van der Waals surface area (Å²) in [5.74, 6) is 0.0151. The number of ether oxygens (including phenoxy) is 2. The van der Waals surface area contributed by atoms with E-state index in [9.17, 15) is 4.79 Å². The molecule has 0 aromatic heterocycles. The quantitative estimate of drug-likeness (QED) is 0.848. The number of nitrogens with two attached hydrogens (primary N) is 1. The van der Waals surface area contributed by atoms with E-state index in [1.54, 1.807) is 12.1 Å². The number of hydrogen-bond acceptors (Lipinski definition) is 3. The molecule has 0 spiro atoms. The largest absolute Gasteiger partial charge is 0.488 e. The van der Waals surface area contributed by atoms with E-state index in [4.69, 9.17) is 15.2 Å². The number of hydrogen-bond donors (Lipinski definition) is 1.